The highest BCUT2D eigenvalue weighted by atomic mass is 19.1. The fourth-order valence-corrected chi connectivity index (χ4v) is 2.48. The van der Waals surface area contributed by atoms with Gasteiger partial charge in [-0.2, -0.15) is 0 Å². The molecule has 1 N–H and O–H groups in total. The molecule has 2 fully saturated rings. The first kappa shape index (κ1) is 12.9. The van der Waals surface area contributed by atoms with E-state index in [1.54, 1.807) is 6.07 Å². The minimum Gasteiger partial charge on any atom is -0.369 e. The molecule has 3 rings (SSSR count). The van der Waals surface area contributed by atoms with Gasteiger partial charge in [0.1, 0.15) is 5.82 Å². The third kappa shape index (κ3) is 3.47. The van der Waals surface area contributed by atoms with Gasteiger partial charge in [0, 0.05) is 25.7 Å². The first-order valence-corrected chi connectivity index (χ1v) is 7.53. The lowest BCUT2D eigenvalue weighted by Gasteiger charge is -2.24. The summed E-state index contributed by atoms with van der Waals surface area (Å²) in [6, 6.07) is 6.37. The van der Waals surface area contributed by atoms with E-state index in [0.717, 1.165) is 36.8 Å². The zero-order chi connectivity index (χ0) is 13.2. The van der Waals surface area contributed by atoms with E-state index < -0.39 is 0 Å². The van der Waals surface area contributed by atoms with Crippen molar-refractivity contribution in [1.82, 2.24) is 5.32 Å². The largest absolute Gasteiger partial charge is 0.369 e. The molecule has 0 unspecified atom stereocenters. The standard InChI is InChI=1S/C16H23FN2/c1-2-19(11-12-3-4-12)16-8-5-13(9-15(16)17)10-18-14-6-7-14/h5,8-9,12,14,18H,2-4,6-7,10-11H2,1H3. The summed E-state index contributed by atoms with van der Waals surface area (Å²) in [4.78, 5) is 2.17. The predicted molar refractivity (Wildman–Crippen MR) is 76.9 cm³/mol. The highest BCUT2D eigenvalue weighted by molar-refractivity contribution is 5.49. The Labute approximate surface area is 115 Å². The van der Waals surface area contributed by atoms with Crippen molar-refractivity contribution in [3.8, 4) is 0 Å². The summed E-state index contributed by atoms with van der Waals surface area (Å²) < 4.78 is 14.2. The van der Waals surface area contributed by atoms with Crippen LogP contribution in [0.25, 0.3) is 0 Å². The molecule has 1 aromatic carbocycles. The van der Waals surface area contributed by atoms with Crippen LogP contribution in [-0.2, 0) is 6.54 Å². The first-order chi connectivity index (χ1) is 9.26. The van der Waals surface area contributed by atoms with E-state index in [9.17, 15) is 4.39 Å². The van der Waals surface area contributed by atoms with Gasteiger partial charge in [0.2, 0.25) is 0 Å². The number of nitrogens with zero attached hydrogens (tertiary/aromatic N) is 1. The maximum absolute atomic E-state index is 14.2. The van der Waals surface area contributed by atoms with Crippen molar-refractivity contribution in [2.24, 2.45) is 5.92 Å². The fourth-order valence-electron chi connectivity index (χ4n) is 2.48. The zero-order valence-electron chi connectivity index (χ0n) is 11.7. The number of nitrogens with one attached hydrogen (secondary N) is 1. The minimum atomic E-state index is -0.0717. The van der Waals surface area contributed by atoms with Crippen LogP contribution in [0, 0.1) is 11.7 Å². The van der Waals surface area contributed by atoms with E-state index in [4.69, 9.17) is 0 Å². The van der Waals surface area contributed by atoms with Crippen molar-refractivity contribution < 1.29 is 4.39 Å². The maximum Gasteiger partial charge on any atom is 0.146 e. The highest BCUT2D eigenvalue weighted by Gasteiger charge is 2.25. The number of anilines is 1. The van der Waals surface area contributed by atoms with Gasteiger partial charge in [-0.05, 0) is 56.2 Å². The first-order valence-electron chi connectivity index (χ1n) is 7.53. The van der Waals surface area contributed by atoms with Crippen LogP contribution in [0.3, 0.4) is 0 Å². The molecule has 3 heteroatoms. The fraction of sp³-hybridized carbons (Fsp3) is 0.625. The lowest BCUT2D eigenvalue weighted by Crippen LogP contribution is -2.26. The van der Waals surface area contributed by atoms with Gasteiger partial charge in [-0.1, -0.05) is 6.07 Å². The van der Waals surface area contributed by atoms with E-state index in [0.29, 0.717) is 6.04 Å². The molecule has 0 radical (unpaired) electrons. The Morgan fingerprint density at radius 3 is 2.63 bits per heavy atom. The second-order valence-electron chi connectivity index (χ2n) is 5.92. The molecule has 0 aromatic heterocycles. The van der Waals surface area contributed by atoms with Crippen LogP contribution >= 0.6 is 0 Å². The van der Waals surface area contributed by atoms with Gasteiger partial charge in [-0.3, -0.25) is 0 Å². The molecule has 104 valence electrons. The number of halogens is 1. The van der Waals surface area contributed by atoms with Crippen molar-refractivity contribution in [2.75, 3.05) is 18.0 Å². The Balaban J connectivity index is 1.65. The van der Waals surface area contributed by atoms with E-state index in [-0.39, 0.29) is 5.82 Å². The minimum absolute atomic E-state index is 0.0717. The SMILES string of the molecule is CCN(CC1CC1)c1ccc(CNC2CC2)cc1F. The third-order valence-electron chi connectivity index (χ3n) is 4.08. The van der Waals surface area contributed by atoms with Crippen LogP contribution in [0.2, 0.25) is 0 Å². The van der Waals surface area contributed by atoms with Crippen LogP contribution < -0.4 is 10.2 Å². The van der Waals surface area contributed by atoms with Crippen LogP contribution in [0.4, 0.5) is 10.1 Å². The molecule has 2 aliphatic carbocycles. The molecule has 19 heavy (non-hydrogen) atoms. The number of rotatable bonds is 7. The monoisotopic (exact) mass is 262 g/mol. The Hall–Kier alpha value is -1.09. The van der Waals surface area contributed by atoms with Crippen LogP contribution in [0.5, 0.6) is 0 Å². The smallest absolute Gasteiger partial charge is 0.146 e. The van der Waals surface area contributed by atoms with Gasteiger partial charge in [-0.25, -0.2) is 4.39 Å². The zero-order valence-corrected chi connectivity index (χ0v) is 11.7. The average molecular weight is 262 g/mol. The summed E-state index contributed by atoms with van der Waals surface area (Å²) >= 11 is 0. The molecular formula is C16H23FN2. The molecule has 2 nitrogen and oxygen atoms in total. The summed E-state index contributed by atoms with van der Waals surface area (Å²) in [5.41, 5.74) is 1.82. The Bertz CT molecular complexity index is 438. The number of hydrogen-bond acceptors (Lipinski definition) is 2. The molecule has 0 atom stereocenters. The van der Waals surface area contributed by atoms with E-state index in [2.05, 4.69) is 23.2 Å². The van der Waals surface area contributed by atoms with Crippen molar-refractivity contribution in [3.63, 3.8) is 0 Å². The van der Waals surface area contributed by atoms with Crippen LogP contribution in [0.1, 0.15) is 38.2 Å². The van der Waals surface area contributed by atoms with E-state index in [1.165, 1.54) is 25.7 Å². The topological polar surface area (TPSA) is 15.3 Å². The Morgan fingerprint density at radius 1 is 1.26 bits per heavy atom. The Kier molecular flexibility index (Phi) is 3.74. The van der Waals surface area contributed by atoms with Gasteiger partial charge in [-0.15, -0.1) is 0 Å². The van der Waals surface area contributed by atoms with Crippen molar-refractivity contribution in [3.05, 3.63) is 29.6 Å². The molecule has 0 saturated heterocycles. The van der Waals surface area contributed by atoms with Crippen molar-refractivity contribution in [1.29, 1.82) is 0 Å². The van der Waals surface area contributed by atoms with Crippen molar-refractivity contribution >= 4 is 5.69 Å². The van der Waals surface area contributed by atoms with Gasteiger partial charge >= 0.3 is 0 Å². The lowest BCUT2D eigenvalue weighted by atomic mass is 10.1. The number of hydrogen-bond donors (Lipinski definition) is 1. The third-order valence-corrected chi connectivity index (χ3v) is 4.08. The second kappa shape index (κ2) is 5.49. The summed E-state index contributed by atoms with van der Waals surface area (Å²) in [6.07, 6.45) is 5.15. The van der Waals surface area contributed by atoms with Crippen LogP contribution in [0.15, 0.2) is 18.2 Å². The van der Waals surface area contributed by atoms with Gasteiger partial charge in [0.25, 0.3) is 0 Å². The average Bonchev–Trinajstić information content (AvgIpc) is 3.28. The molecular weight excluding hydrogens is 239 g/mol. The second-order valence-corrected chi connectivity index (χ2v) is 5.92. The molecule has 2 aliphatic rings. The predicted octanol–water partition coefficient (Wildman–Crippen LogP) is 3.31. The van der Waals surface area contributed by atoms with E-state index in [1.807, 2.05) is 6.07 Å². The molecule has 1 aromatic rings. The summed E-state index contributed by atoms with van der Waals surface area (Å²) in [5, 5.41) is 3.42. The lowest BCUT2D eigenvalue weighted by molar-refractivity contribution is 0.607. The molecule has 2 saturated carbocycles. The molecule has 0 spiro atoms. The Morgan fingerprint density at radius 2 is 2.05 bits per heavy atom. The normalized spacial score (nSPS) is 18.6. The van der Waals surface area contributed by atoms with Gasteiger partial charge in [0.15, 0.2) is 0 Å². The molecule has 0 aliphatic heterocycles. The molecule has 0 amide bonds. The van der Waals surface area contributed by atoms with Crippen molar-refractivity contribution in [2.45, 2.75) is 45.2 Å². The highest BCUT2D eigenvalue weighted by Crippen LogP contribution is 2.32. The molecule has 0 heterocycles. The molecule has 0 bridgehead atoms. The van der Waals surface area contributed by atoms with Crippen LogP contribution in [-0.4, -0.2) is 19.1 Å². The van der Waals surface area contributed by atoms with Gasteiger partial charge in [0.05, 0.1) is 5.69 Å². The summed E-state index contributed by atoms with van der Waals surface area (Å²) in [6.45, 7) is 4.78. The maximum atomic E-state index is 14.2. The quantitative estimate of drug-likeness (QED) is 0.811. The number of benzene rings is 1. The summed E-state index contributed by atoms with van der Waals surface area (Å²) in [5.74, 6) is 0.716. The van der Waals surface area contributed by atoms with Gasteiger partial charge < -0.3 is 10.2 Å². The van der Waals surface area contributed by atoms with E-state index >= 15 is 0 Å². The summed E-state index contributed by atoms with van der Waals surface area (Å²) in [7, 11) is 0.